The third-order valence-corrected chi connectivity index (χ3v) is 4.19. The van der Waals surface area contributed by atoms with Gasteiger partial charge in [-0.05, 0) is 31.2 Å². The summed E-state index contributed by atoms with van der Waals surface area (Å²) < 4.78 is 38.4. The number of aromatic nitrogens is 1. The van der Waals surface area contributed by atoms with Crippen LogP contribution >= 0.6 is 22.9 Å². The fourth-order valence-corrected chi connectivity index (χ4v) is 3.03. The van der Waals surface area contributed by atoms with Gasteiger partial charge >= 0.3 is 6.18 Å². The molecule has 0 unspecified atom stereocenters. The minimum absolute atomic E-state index is 0.0517. The maximum Gasteiger partial charge on any atom is 0.433 e. The zero-order valence-electron chi connectivity index (χ0n) is 11.7. The number of carbonyl (C=O) groups excluding carboxylic acids is 1. The van der Waals surface area contributed by atoms with E-state index in [9.17, 15) is 18.0 Å². The summed E-state index contributed by atoms with van der Waals surface area (Å²) in [5.74, 6) is -0.386. The number of pyridine rings is 1. The first kappa shape index (κ1) is 16.8. The molecule has 0 aliphatic heterocycles. The third kappa shape index (κ3) is 3.78. The Balaban J connectivity index is 2.18. The van der Waals surface area contributed by atoms with Crippen LogP contribution in [-0.2, 0) is 12.7 Å². The minimum atomic E-state index is -4.52. The normalized spacial score (nSPS) is 11.5. The Morgan fingerprint density at radius 2 is 2.00 bits per heavy atom. The second kappa shape index (κ2) is 6.26. The summed E-state index contributed by atoms with van der Waals surface area (Å²) in [5.41, 5.74) is -0.803. The molecule has 0 aliphatic carbocycles. The number of alkyl halides is 3. The van der Waals surface area contributed by atoms with Crippen molar-refractivity contribution in [2.75, 3.05) is 7.05 Å². The minimum Gasteiger partial charge on any atom is -0.337 e. The van der Waals surface area contributed by atoms with Gasteiger partial charge in [0.1, 0.15) is 5.69 Å². The maximum absolute atomic E-state index is 12.6. The molecule has 2 aromatic rings. The second-order valence-electron chi connectivity index (χ2n) is 4.69. The molecule has 0 radical (unpaired) electrons. The quantitative estimate of drug-likeness (QED) is 0.824. The van der Waals surface area contributed by atoms with Crippen LogP contribution in [-0.4, -0.2) is 22.8 Å². The average molecular weight is 349 g/mol. The predicted molar refractivity (Wildman–Crippen MR) is 79.1 cm³/mol. The van der Waals surface area contributed by atoms with E-state index in [0.29, 0.717) is 10.9 Å². The fourth-order valence-electron chi connectivity index (χ4n) is 1.89. The van der Waals surface area contributed by atoms with Crippen molar-refractivity contribution >= 4 is 28.8 Å². The van der Waals surface area contributed by atoms with Crippen molar-refractivity contribution in [1.29, 1.82) is 0 Å². The summed E-state index contributed by atoms with van der Waals surface area (Å²) in [7, 11) is 1.58. The highest BCUT2D eigenvalue weighted by Gasteiger charge is 2.33. The monoisotopic (exact) mass is 348 g/mol. The van der Waals surface area contributed by atoms with Crippen molar-refractivity contribution < 1.29 is 18.0 Å². The molecule has 3 nitrogen and oxygen atoms in total. The summed E-state index contributed by atoms with van der Waals surface area (Å²) in [6.45, 7) is 1.72. The zero-order valence-corrected chi connectivity index (χ0v) is 13.3. The van der Waals surface area contributed by atoms with Gasteiger partial charge in [0.15, 0.2) is 0 Å². The molecule has 2 aromatic heterocycles. The summed E-state index contributed by atoms with van der Waals surface area (Å²) in [6.07, 6.45) is -4.52. The number of rotatable bonds is 3. The maximum atomic E-state index is 12.6. The van der Waals surface area contributed by atoms with Gasteiger partial charge in [-0.25, -0.2) is 4.98 Å². The van der Waals surface area contributed by atoms with Crippen molar-refractivity contribution in [1.82, 2.24) is 9.88 Å². The van der Waals surface area contributed by atoms with Gasteiger partial charge in [0.05, 0.1) is 22.1 Å². The summed E-state index contributed by atoms with van der Waals surface area (Å²) in [5, 5.41) is 0. The van der Waals surface area contributed by atoms with E-state index in [1.165, 1.54) is 23.2 Å². The van der Waals surface area contributed by atoms with Crippen LogP contribution in [0, 0.1) is 6.92 Å². The van der Waals surface area contributed by atoms with Gasteiger partial charge in [-0.15, -0.1) is 11.3 Å². The number of nitrogens with zero attached hydrogens (tertiary/aromatic N) is 2. The molecule has 0 atom stereocenters. The smallest absolute Gasteiger partial charge is 0.337 e. The molecule has 2 heterocycles. The number of thiophene rings is 1. The first-order valence-corrected chi connectivity index (χ1v) is 7.42. The van der Waals surface area contributed by atoms with Crippen LogP contribution in [0.25, 0.3) is 0 Å². The van der Waals surface area contributed by atoms with E-state index in [4.69, 9.17) is 11.6 Å². The number of hydrogen-bond acceptors (Lipinski definition) is 3. The van der Waals surface area contributed by atoms with Crippen LogP contribution in [0.1, 0.15) is 26.6 Å². The van der Waals surface area contributed by atoms with Gasteiger partial charge in [-0.1, -0.05) is 11.6 Å². The Labute approximate surface area is 134 Å². The van der Waals surface area contributed by atoms with E-state index in [1.807, 2.05) is 0 Å². The van der Waals surface area contributed by atoms with E-state index in [-0.39, 0.29) is 17.2 Å². The lowest BCUT2D eigenvalue weighted by Gasteiger charge is -2.18. The Bertz CT molecular complexity index is 700. The number of aryl methyl sites for hydroxylation is 1. The molecular weight excluding hydrogens is 337 g/mol. The van der Waals surface area contributed by atoms with Crippen molar-refractivity contribution in [2.24, 2.45) is 0 Å². The van der Waals surface area contributed by atoms with Gasteiger partial charge < -0.3 is 4.90 Å². The largest absolute Gasteiger partial charge is 0.433 e. The summed E-state index contributed by atoms with van der Waals surface area (Å²) in [6, 6.07) is 5.50. The van der Waals surface area contributed by atoms with Crippen LogP contribution in [0.15, 0.2) is 24.3 Å². The van der Waals surface area contributed by atoms with E-state index < -0.39 is 11.9 Å². The molecule has 2 rings (SSSR count). The summed E-state index contributed by atoms with van der Waals surface area (Å²) >= 11 is 7.17. The van der Waals surface area contributed by atoms with Crippen molar-refractivity contribution in [3.63, 3.8) is 0 Å². The molecular formula is C14H12ClF3N2OS. The van der Waals surface area contributed by atoms with Crippen molar-refractivity contribution in [2.45, 2.75) is 19.6 Å². The molecule has 0 N–H and O–H groups in total. The highest BCUT2D eigenvalue weighted by molar-refractivity contribution is 7.16. The van der Waals surface area contributed by atoms with Gasteiger partial charge in [0, 0.05) is 11.9 Å². The lowest BCUT2D eigenvalue weighted by Crippen LogP contribution is -2.27. The number of halogens is 4. The lowest BCUT2D eigenvalue weighted by atomic mass is 10.1. The van der Waals surface area contributed by atoms with Crippen molar-refractivity contribution in [3.8, 4) is 0 Å². The topological polar surface area (TPSA) is 33.2 Å². The molecule has 118 valence electrons. The van der Waals surface area contributed by atoms with Crippen LogP contribution in [0.5, 0.6) is 0 Å². The van der Waals surface area contributed by atoms with Gasteiger partial charge in [0.2, 0.25) is 0 Å². The van der Waals surface area contributed by atoms with Crippen LogP contribution in [0.2, 0.25) is 4.34 Å². The van der Waals surface area contributed by atoms with Crippen LogP contribution < -0.4 is 0 Å². The SMILES string of the molecule is Cc1nc(C(F)(F)F)ccc1C(=O)N(C)Cc1ccc(Cl)s1. The first-order valence-electron chi connectivity index (χ1n) is 6.23. The highest BCUT2D eigenvalue weighted by Crippen LogP contribution is 2.28. The molecule has 0 spiro atoms. The molecule has 22 heavy (non-hydrogen) atoms. The molecule has 0 aliphatic rings. The molecule has 0 bridgehead atoms. The van der Waals surface area contributed by atoms with Crippen LogP contribution in [0.3, 0.4) is 0 Å². The number of hydrogen-bond donors (Lipinski definition) is 0. The Morgan fingerprint density at radius 3 is 2.50 bits per heavy atom. The molecule has 0 fully saturated rings. The van der Waals surface area contributed by atoms with Crippen molar-refractivity contribution in [3.05, 3.63) is 50.4 Å². The highest BCUT2D eigenvalue weighted by atomic mass is 35.5. The fraction of sp³-hybridized carbons (Fsp3) is 0.286. The first-order chi connectivity index (χ1) is 10.2. The third-order valence-electron chi connectivity index (χ3n) is 2.98. The molecule has 1 amide bonds. The second-order valence-corrected chi connectivity index (χ2v) is 6.49. The van der Waals surface area contributed by atoms with E-state index in [2.05, 4.69) is 4.98 Å². The van der Waals surface area contributed by atoms with Gasteiger partial charge in [0.25, 0.3) is 5.91 Å². The molecule has 0 saturated carbocycles. The molecule has 8 heteroatoms. The average Bonchev–Trinajstić information content (AvgIpc) is 2.82. The Kier molecular flexibility index (Phi) is 4.77. The van der Waals surface area contributed by atoms with E-state index >= 15 is 0 Å². The zero-order chi connectivity index (χ0) is 16.5. The Morgan fingerprint density at radius 1 is 1.32 bits per heavy atom. The van der Waals surface area contributed by atoms with Gasteiger partial charge in [-0.2, -0.15) is 13.2 Å². The van der Waals surface area contributed by atoms with E-state index in [0.717, 1.165) is 17.0 Å². The lowest BCUT2D eigenvalue weighted by molar-refractivity contribution is -0.141. The Hall–Kier alpha value is -1.60. The predicted octanol–water partition coefficient (Wildman–Crippen LogP) is 4.40. The number of carbonyl (C=O) groups is 1. The van der Waals surface area contributed by atoms with E-state index in [1.54, 1.807) is 19.2 Å². The summed E-state index contributed by atoms with van der Waals surface area (Å²) in [4.78, 5) is 18.1. The van der Waals surface area contributed by atoms with Crippen LogP contribution in [0.4, 0.5) is 13.2 Å². The molecule has 0 aromatic carbocycles. The molecule has 0 saturated heterocycles. The number of amides is 1. The standard InChI is InChI=1S/C14H12ClF3N2OS/c1-8-10(4-5-11(19-8)14(16,17)18)13(21)20(2)7-9-3-6-12(15)22-9/h3-6H,7H2,1-2H3. The van der Waals surface area contributed by atoms with Gasteiger partial charge in [-0.3, -0.25) is 4.79 Å².